The second-order valence-corrected chi connectivity index (χ2v) is 7.58. The Morgan fingerprint density at radius 2 is 1.62 bits per heavy atom. The standard InChI is InChI=1S/C16H18BrNO2S/c1-3-16(13-6-8-14(17)9-7-13)18-21(19,20)15-10-4-12(2)5-11-15/h4-11,16,18H,3H2,1-2H3/t16-/m0/s1. The van der Waals surface area contributed by atoms with Gasteiger partial charge < -0.3 is 0 Å². The monoisotopic (exact) mass is 367 g/mol. The first kappa shape index (κ1) is 16.2. The lowest BCUT2D eigenvalue weighted by molar-refractivity contribution is 0.550. The smallest absolute Gasteiger partial charge is 0.207 e. The Hall–Kier alpha value is -1.17. The summed E-state index contributed by atoms with van der Waals surface area (Å²) in [5.74, 6) is 0. The van der Waals surface area contributed by atoms with Crippen LogP contribution in [0.5, 0.6) is 0 Å². The number of benzene rings is 2. The zero-order valence-electron chi connectivity index (χ0n) is 12.0. The number of halogens is 1. The summed E-state index contributed by atoms with van der Waals surface area (Å²) in [7, 11) is -3.51. The molecule has 0 saturated carbocycles. The van der Waals surface area contributed by atoms with Crippen molar-refractivity contribution in [1.82, 2.24) is 4.72 Å². The van der Waals surface area contributed by atoms with Gasteiger partial charge in [-0.3, -0.25) is 0 Å². The molecule has 2 aromatic rings. The van der Waals surface area contributed by atoms with Crippen molar-refractivity contribution in [2.75, 3.05) is 0 Å². The van der Waals surface area contributed by atoms with Crippen LogP contribution in [0.15, 0.2) is 57.9 Å². The van der Waals surface area contributed by atoms with E-state index < -0.39 is 10.0 Å². The molecule has 0 radical (unpaired) electrons. The summed E-state index contributed by atoms with van der Waals surface area (Å²) >= 11 is 3.38. The number of rotatable bonds is 5. The van der Waals surface area contributed by atoms with Gasteiger partial charge in [0, 0.05) is 10.5 Å². The first-order chi connectivity index (χ1) is 9.92. The highest BCUT2D eigenvalue weighted by atomic mass is 79.9. The van der Waals surface area contributed by atoms with Gasteiger partial charge in [0.2, 0.25) is 10.0 Å². The third-order valence-electron chi connectivity index (χ3n) is 3.31. The molecule has 112 valence electrons. The van der Waals surface area contributed by atoms with Gasteiger partial charge in [-0.1, -0.05) is 52.7 Å². The van der Waals surface area contributed by atoms with Crippen LogP contribution in [-0.4, -0.2) is 8.42 Å². The van der Waals surface area contributed by atoms with Gasteiger partial charge in [0.05, 0.1) is 4.90 Å². The molecule has 2 aromatic carbocycles. The molecule has 0 aromatic heterocycles. The molecule has 0 aliphatic carbocycles. The summed E-state index contributed by atoms with van der Waals surface area (Å²) in [5.41, 5.74) is 1.99. The normalized spacial score (nSPS) is 13.1. The van der Waals surface area contributed by atoms with Gasteiger partial charge in [0.25, 0.3) is 0 Å². The first-order valence-electron chi connectivity index (χ1n) is 6.77. The third kappa shape index (κ3) is 4.15. The summed E-state index contributed by atoms with van der Waals surface area (Å²) in [4.78, 5) is 0.295. The molecule has 0 heterocycles. The lowest BCUT2D eigenvalue weighted by atomic mass is 10.1. The summed E-state index contributed by atoms with van der Waals surface area (Å²) in [6, 6.07) is 14.3. The minimum Gasteiger partial charge on any atom is -0.207 e. The van der Waals surface area contributed by atoms with Crippen LogP contribution in [0.2, 0.25) is 0 Å². The van der Waals surface area contributed by atoms with E-state index in [0.29, 0.717) is 11.3 Å². The Labute approximate surface area is 134 Å². The molecule has 0 amide bonds. The number of hydrogen-bond acceptors (Lipinski definition) is 2. The fourth-order valence-electron chi connectivity index (χ4n) is 2.05. The maximum absolute atomic E-state index is 12.4. The summed E-state index contributed by atoms with van der Waals surface area (Å²) < 4.78 is 28.6. The molecule has 0 bridgehead atoms. The highest BCUT2D eigenvalue weighted by molar-refractivity contribution is 9.10. The summed E-state index contributed by atoms with van der Waals surface area (Å²) in [5, 5.41) is 0. The number of nitrogens with one attached hydrogen (secondary N) is 1. The molecule has 5 heteroatoms. The molecule has 1 atom stereocenters. The van der Waals surface area contributed by atoms with Crippen molar-refractivity contribution in [3.05, 3.63) is 64.1 Å². The lowest BCUT2D eigenvalue weighted by Crippen LogP contribution is -2.28. The minimum absolute atomic E-state index is 0.232. The van der Waals surface area contributed by atoms with E-state index in [4.69, 9.17) is 0 Å². The topological polar surface area (TPSA) is 46.2 Å². The SMILES string of the molecule is CC[C@H](NS(=O)(=O)c1ccc(C)cc1)c1ccc(Br)cc1. The van der Waals surface area contributed by atoms with E-state index in [0.717, 1.165) is 15.6 Å². The van der Waals surface area contributed by atoms with E-state index in [9.17, 15) is 8.42 Å². The molecule has 0 aliphatic heterocycles. The van der Waals surface area contributed by atoms with Gasteiger partial charge in [-0.05, 0) is 43.2 Å². The van der Waals surface area contributed by atoms with Gasteiger partial charge in [0.15, 0.2) is 0 Å². The first-order valence-corrected chi connectivity index (χ1v) is 9.04. The van der Waals surface area contributed by atoms with Crippen LogP contribution in [0.3, 0.4) is 0 Å². The van der Waals surface area contributed by atoms with Crippen LogP contribution in [0, 0.1) is 6.92 Å². The van der Waals surface area contributed by atoms with Gasteiger partial charge in [-0.15, -0.1) is 0 Å². The molecule has 0 spiro atoms. The van der Waals surface area contributed by atoms with Crippen LogP contribution in [0.25, 0.3) is 0 Å². The number of hydrogen-bond donors (Lipinski definition) is 1. The largest absolute Gasteiger partial charge is 0.241 e. The predicted molar refractivity (Wildman–Crippen MR) is 88.7 cm³/mol. The van der Waals surface area contributed by atoms with Crippen LogP contribution >= 0.6 is 15.9 Å². The molecular formula is C16H18BrNO2S. The van der Waals surface area contributed by atoms with E-state index in [1.54, 1.807) is 24.3 Å². The molecule has 0 aliphatic rings. The van der Waals surface area contributed by atoms with E-state index in [1.807, 2.05) is 38.1 Å². The van der Waals surface area contributed by atoms with Gasteiger partial charge >= 0.3 is 0 Å². The lowest BCUT2D eigenvalue weighted by Gasteiger charge is -2.17. The maximum Gasteiger partial charge on any atom is 0.241 e. The molecular weight excluding hydrogens is 350 g/mol. The Morgan fingerprint density at radius 3 is 2.14 bits per heavy atom. The Balaban J connectivity index is 2.24. The van der Waals surface area contributed by atoms with Crippen LogP contribution in [0.1, 0.15) is 30.5 Å². The molecule has 2 rings (SSSR count). The summed E-state index contributed by atoms with van der Waals surface area (Å²) in [6.07, 6.45) is 0.687. The van der Waals surface area contributed by atoms with Crippen molar-refractivity contribution < 1.29 is 8.42 Å². The Bertz CT molecular complexity index is 694. The molecule has 21 heavy (non-hydrogen) atoms. The zero-order chi connectivity index (χ0) is 15.5. The fourth-order valence-corrected chi connectivity index (χ4v) is 3.63. The van der Waals surface area contributed by atoms with Crippen LogP contribution < -0.4 is 4.72 Å². The maximum atomic E-state index is 12.4. The molecule has 0 fully saturated rings. The third-order valence-corrected chi connectivity index (χ3v) is 5.33. The average Bonchev–Trinajstić information content (AvgIpc) is 2.46. The van der Waals surface area contributed by atoms with Crippen molar-refractivity contribution in [1.29, 1.82) is 0 Å². The Kier molecular flexibility index (Phi) is 5.19. The van der Waals surface area contributed by atoms with Crippen molar-refractivity contribution in [2.24, 2.45) is 0 Å². The second kappa shape index (κ2) is 6.73. The Morgan fingerprint density at radius 1 is 1.05 bits per heavy atom. The van der Waals surface area contributed by atoms with Crippen LogP contribution in [0.4, 0.5) is 0 Å². The molecule has 3 nitrogen and oxygen atoms in total. The predicted octanol–water partition coefficient (Wildman–Crippen LogP) is 4.19. The second-order valence-electron chi connectivity index (χ2n) is 4.95. The average molecular weight is 368 g/mol. The quantitative estimate of drug-likeness (QED) is 0.860. The van der Waals surface area contributed by atoms with Gasteiger partial charge in [0.1, 0.15) is 0 Å². The highest BCUT2D eigenvalue weighted by Crippen LogP contribution is 2.22. The van der Waals surface area contributed by atoms with E-state index in [2.05, 4.69) is 20.7 Å². The minimum atomic E-state index is -3.51. The molecule has 0 unspecified atom stereocenters. The molecule has 1 N–H and O–H groups in total. The van der Waals surface area contributed by atoms with Crippen molar-refractivity contribution in [3.8, 4) is 0 Å². The van der Waals surface area contributed by atoms with Gasteiger partial charge in [-0.25, -0.2) is 13.1 Å². The van der Waals surface area contributed by atoms with E-state index in [-0.39, 0.29) is 6.04 Å². The van der Waals surface area contributed by atoms with Crippen molar-refractivity contribution >= 4 is 26.0 Å². The summed E-state index contributed by atoms with van der Waals surface area (Å²) in [6.45, 7) is 3.89. The van der Waals surface area contributed by atoms with E-state index in [1.165, 1.54) is 0 Å². The van der Waals surface area contributed by atoms with Gasteiger partial charge in [-0.2, -0.15) is 0 Å². The zero-order valence-corrected chi connectivity index (χ0v) is 14.4. The van der Waals surface area contributed by atoms with E-state index >= 15 is 0 Å². The number of sulfonamides is 1. The van der Waals surface area contributed by atoms with Crippen LogP contribution in [-0.2, 0) is 10.0 Å². The fraction of sp³-hybridized carbons (Fsp3) is 0.250. The number of aryl methyl sites for hydroxylation is 1. The van der Waals surface area contributed by atoms with Crippen molar-refractivity contribution in [3.63, 3.8) is 0 Å². The highest BCUT2D eigenvalue weighted by Gasteiger charge is 2.20. The molecule has 0 saturated heterocycles. The van der Waals surface area contributed by atoms with Crippen molar-refractivity contribution in [2.45, 2.75) is 31.2 Å².